The number of rotatable bonds is 8. The first-order valence-corrected chi connectivity index (χ1v) is 8.37. The molecule has 0 radical (unpaired) electrons. The topological polar surface area (TPSA) is 61.4 Å². The van der Waals surface area contributed by atoms with Crippen LogP contribution in [0.1, 0.15) is 12.5 Å². The highest BCUT2D eigenvalue weighted by atomic mass is 19.2. The number of amides is 2. The van der Waals surface area contributed by atoms with E-state index >= 15 is 0 Å². The molecule has 144 valence electrons. The molecule has 0 spiro atoms. The van der Waals surface area contributed by atoms with Gasteiger partial charge < -0.3 is 10.6 Å². The van der Waals surface area contributed by atoms with Crippen LogP contribution in [0.2, 0.25) is 0 Å². The van der Waals surface area contributed by atoms with Crippen LogP contribution >= 0.6 is 0 Å². The van der Waals surface area contributed by atoms with Crippen LogP contribution in [0.25, 0.3) is 0 Å². The van der Waals surface area contributed by atoms with Crippen LogP contribution < -0.4 is 10.6 Å². The van der Waals surface area contributed by atoms with Crippen LogP contribution in [0.15, 0.2) is 42.5 Å². The van der Waals surface area contributed by atoms with Crippen LogP contribution in [0.5, 0.6) is 0 Å². The molecule has 2 amide bonds. The Kier molecular flexibility index (Phi) is 7.36. The molecule has 0 aliphatic heterocycles. The van der Waals surface area contributed by atoms with Gasteiger partial charge in [-0.15, -0.1) is 0 Å². The lowest BCUT2D eigenvalue weighted by molar-refractivity contribution is -0.125. The summed E-state index contributed by atoms with van der Waals surface area (Å²) in [6, 6.07) is 11.2. The molecule has 0 atom stereocenters. The summed E-state index contributed by atoms with van der Waals surface area (Å²) in [7, 11) is 0. The number of nitrogens with one attached hydrogen (secondary N) is 2. The minimum atomic E-state index is -1.67. The number of benzene rings is 2. The summed E-state index contributed by atoms with van der Waals surface area (Å²) in [4.78, 5) is 25.7. The zero-order valence-corrected chi connectivity index (χ0v) is 14.8. The lowest BCUT2D eigenvalue weighted by Gasteiger charge is -2.19. The van der Waals surface area contributed by atoms with Crippen LogP contribution in [0, 0.1) is 17.5 Å². The third-order valence-electron chi connectivity index (χ3n) is 3.82. The molecule has 0 unspecified atom stereocenters. The van der Waals surface area contributed by atoms with E-state index in [9.17, 15) is 22.8 Å². The molecule has 8 heteroatoms. The number of nitrogens with zero attached hydrogens (tertiary/aromatic N) is 1. The highest BCUT2D eigenvalue weighted by Gasteiger charge is 2.16. The van der Waals surface area contributed by atoms with Crippen LogP contribution in [-0.4, -0.2) is 36.3 Å². The Morgan fingerprint density at radius 2 is 1.67 bits per heavy atom. The maximum Gasteiger partial charge on any atom is 0.243 e. The summed E-state index contributed by atoms with van der Waals surface area (Å²) >= 11 is 0. The predicted octanol–water partition coefficient (Wildman–Crippen LogP) is 2.68. The molecule has 0 aliphatic rings. The lowest BCUT2D eigenvalue weighted by atomic mass is 10.2. The first kappa shape index (κ1) is 20.4. The second kappa shape index (κ2) is 9.72. The van der Waals surface area contributed by atoms with Crippen molar-refractivity contribution in [1.82, 2.24) is 10.2 Å². The van der Waals surface area contributed by atoms with Crippen molar-refractivity contribution in [2.75, 3.05) is 25.0 Å². The first-order valence-electron chi connectivity index (χ1n) is 8.37. The average molecular weight is 379 g/mol. The molecule has 0 saturated heterocycles. The summed E-state index contributed by atoms with van der Waals surface area (Å²) < 4.78 is 39.5. The Labute approximate surface area is 155 Å². The normalized spacial score (nSPS) is 10.7. The van der Waals surface area contributed by atoms with Gasteiger partial charge >= 0.3 is 0 Å². The van der Waals surface area contributed by atoms with Crippen LogP contribution in [0.3, 0.4) is 0 Å². The molecule has 0 heterocycles. The molecule has 2 rings (SSSR count). The fourth-order valence-electron chi connectivity index (χ4n) is 2.38. The number of carbonyl (C=O) groups excluding carboxylic acids is 2. The summed E-state index contributed by atoms with van der Waals surface area (Å²) in [6.07, 6.45) is 0. The van der Waals surface area contributed by atoms with E-state index in [-0.39, 0.29) is 12.5 Å². The van der Waals surface area contributed by atoms with Gasteiger partial charge in [0.05, 0.1) is 18.8 Å². The molecule has 0 saturated carbocycles. The van der Waals surface area contributed by atoms with E-state index in [2.05, 4.69) is 10.6 Å². The van der Waals surface area contributed by atoms with Crippen molar-refractivity contribution in [1.29, 1.82) is 0 Å². The third-order valence-corrected chi connectivity index (χ3v) is 3.82. The van der Waals surface area contributed by atoms with Crippen molar-refractivity contribution in [2.45, 2.75) is 13.5 Å². The van der Waals surface area contributed by atoms with Crippen molar-refractivity contribution < 1.29 is 22.8 Å². The van der Waals surface area contributed by atoms with E-state index in [0.717, 1.165) is 11.6 Å². The van der Waals surface area contributed by atoms with Gasteiger partial charge in [0.2, 0.25) is 11.8 Å². The predicted molar refractivity (Wildman–Crippen MR) is 95.3 cm³/mol. The molecule has 2 aromatic rings. The number of hydrogen-bond acceptors (Lipinski definition) is 3. The minimum absolute atomic E-state index is 0.0816. The number of hydrogen-bond donors (Lipinski definition) is 2. The van der Waals surface area contributed by atoms with Gasteiger partial charge in [-0.3, -0.25) is 14.5 Å². The summed E-state index contributed by atoms with van der Waals surface area (Å²) in [5.41, 5.74) is 0.561. The number of carbonyl (C=O) groups is 2. The Morgan fingerprint density at radius 3 is 2.33 bits per heavy atom. The monoisotopic (exact) mass is 379 g/mol. The van der Waals surface area contributed by atoms with E-state index in [1.807, 2.05) is 42.2 Å². The zero-order chi connectivity index (χ0) is 19.8. The van der Waals surface area contributed by atoms with Gasteiger partial charge in [-0.25, -0.2) is 13.2 Å². The molecular weight excluding hydrogens is 359 g/mol. The largest absolute Gasteiger partial charge is 0.346 e. The highest BCUT2D eigenvalue weighted by molar-refractivity contribution is 5.94. The van der Waals surface area contributed by atoms with Gasteiger partial charge in [-0.05, 0) is 24.2 Å². The van der Waals surface area contributed by atoms with Crippen molar-refractivity contribution >= 4 is 17.5 Å². The maximum atomic E-state index is 13.5. The van der Waals surface area contributed by atoms with Crippen molar-refractivity contribution in [3.8, 4) is 0 Å². The molecular formula is C19H20F3N3O2. The summed E-state index contributed by atoms with van der Waals surface area (Å²) in [6.45, 7) is 2.79. The highest BCUT2D eigenvalue weighted by Crippen LogP contribution is 2.19. The van der Waals surface area contributed by atoms with Crippen LogP contribution in [0.4, 0.5) is 18.9 Å². The van der Waals surface area contributed by atoms with E-state index in [0.29, 0.717) is 19.2 Å². The second-order valence-corrected chi connectivity index (χ2v) is 5.84. The fourth-order valence-corrected chi connectivity index (χ4v) is 2.38. The Morgan fingerprint density at radius 1 is 0.963 bits per heavy atom. The lowest BCUT2D eigenvalue weighted by Crippen LogP contribution is -2.40. The van der Waals surface area contributed by atoms with E-state index in [1.54, 1.807) is 0 Å². The summed E-state index contributed by atoms with van der Waals surface area (Å²) in [5, 5.41) is 4.51. The Hall–Kier alpha value is -2.87. The Bertz CT molecular complexity index is 800. The Balaban J connectivity index is 1.82. The smallest absolute Gasteiger partial charge is 0.243 e. The SMILES string of the molecule is CCN(CC(=O)NCC(=O)Nc1ccc(F)c(F)c1F)Cc1ccccc1. The third kappa shape index (κ3) is 6.10. The van der Waals surface area contributed by atoms with Gasteiger partial charge in [0.25, 0.3) is 0 Å². The fraction of sp³-hybridized carbons (Fsp3) is 0.263. The van der Waals surface area contributed by atoms with Gasteiger partial charge in [0.15, 0.2) is 17.5 Å². The molecule has 0 aromatic heterocycles. The van der Waals surface area contributed by atoms with Gasteiger partial charge in [-0.1, -0.05) is 37.3 Å². The van der Waals surface area contributed by atoms with E-state index in [1.165, 1.54) is 0 Å². The molecule has 27 heavy (non-hydrogen) atoms. The van der Waals surface area contributed by atoms with E-state index in [4.69, 9.17) is 0 Å². The zero-order valence-electron chi connectivity index (χ0n) is 14.8. The standard InChI is InChI=1S/C19H20F3N3O2/c1-2-25(11-13-6-4-3-5-7-13)12-17(27)23-10-16(26)24-15-9-8-14(20)18(21)19(15)22/h3-9H,2,10-12H2,1H3,(H,23,27)(H,24,26). The van der Waals surface area contributed by atoms with Gasteiger partial charge in [0, 0.05) is 6.54 Å². The van der Waals surface area contributed by atoms with Crippen molar-refractivity contribution in [3.05, 3.63) is 65.5 Å². The average Bonchev–Trinajstić information content (AvgIpc) is 2.67. The quantitative estimate of drug-likeness (QED) is 0.694. The van der Waals surface area contributed by atoms with Crippen LogP contribution in [-0.2, 0) is 16.1 Å². The molecule has 0 aliphatic carbocycles. The number of anilines is 1. The molecule has 2 aromatic carbocycles. The second-order valence-electron chi connectivity index (χ2n) is 5.84. The first-order chi connectivity index (χ1) is 12.9. The van der Waals surface area contributed by atoms with E-state index < -0.39 is 35.6 Å². The molecule has 0 fully saturated rings. The van der Waals surface area contributed by atoms with Gasteiger partial charge in [0.1, 0.15) is 0 Å². The van der Waals surface area contributed by atoms with Crippen molar-refractivity contribution in [2.24, 2.45) is 0 Å². The number of likely N-dealkylation sites (N-methyl/N-ethyl adjacent to an activating group) is 1. The summed E-state index contributed by atoms with van der Waals surface area (Å²) in [5.74, 6) is -5.64. The molecule has 2 N–H and O–H groups in total. The molecule has 5 nitrogen and oxygen atoms in total. The maximum absolute atomic E-state index is 13.5. The minimum Gasteiger partial charge on any atom is -0.346 e. The van der Waals surface area contributed by atoms with Gasteiger partial charge in [-0.2, -0.15) is 0 Å². The number of halogens is 3. The molecule has 0 bridgehead atoms. The van der Waals surface area contributed by atoms with Crippen molar-refractivity contribution in [3.63, 3.8) is 0 Å².